The van der Waals surface area contributed by atoms with Gasteiger partial charge in [0.1, 0.15) is 0 Å². The highest BCUT2D eigenvalue weighted by atomic mass is 16.2. The molecule has 0 saturated carbocycles. The average Bonchev–Trinajstić information content (AvgIpc) is 2.07. The van der Waals surface area contributed by atoms with Gasteiger partial charge < -0.3 is 16.0 Å². The molecule has 1 heterocycles. The second-order valence-corrected chi connectivity index (χ2v) is 4.77. The highest BCUT2D eigenvalue weighted by Gasteiger charge is 2.39. The van der Waals surface area contributed by atoms with Crippen molar-refractivity contribution < 1.29 is 4.79 Å². The monoisotopic (exact) mass is 199 g/mol. The first-order valence-corrected chi connectivity index (χ1v) is 5.13. The lowest BCUT2D eigenvalue weighted by Crippen LogP contribution is -2.60. The van der Waals surface area contributed by atoms with Crippen molar-refractivity contribution in [3.8, 4) is 0 Å². The number of hydrogen-bond donors (Lipinski definition) is 2. The molecule has 3 N–H and O–H groups in total. The van der Waals surface area contributed by atoms with Gasteiger partial charge in [-0.3, -0.25) is 0 Å². The summed E-state index contributed by atoms with van der Waals surface area (Å²) >= 11 is 0. The van der Waals surface area contributed by atoms with Gasteiger partial charge in [-0.2, -0.15) is 0 Å². The fourth-order valence-corrected chi connectivity index (χ4v) is 2.09. The molecule has 14 heavy (non-hydrogen) atoms. The van der Waals surface area contributed by atoms with Crippen molar-refractivity contribution in [1.29, 1.82) is 0 Å². The van der Waals surface area contributed by atoms with Crippen LogP contribution in [0.2, 0.25) is 0 Å². The molecule has 82 valence electrons. The van der Waals surface area contributed by atoms with Crippen molar-refractivity contribution in [2.45, 2.75) is 38.8 Å². The van der Waals surface area contributed by atoms with E-state index in [1.54, 1.807) is 0 Å². The summed E-state index contributed by atoms with van der Waals surface area (Å²) in [6.45, 7) is 7.57. The molecule has 2 amide bonds. The molecule has 1 saturated heterocycles. The summed E-state index contributed by atoms with van der Waals surface area (Å²) in [5.41, 5.74) is 5.26. The third kappa shape index (κ3) is 2.00. The second kappa shape index (κ2) is 3.77. The van der Waals surface area contributed by atoms with Crippen LogP contribution in [0.1, 0.15) is 27.2 Å². The average molecular weight is 199 g/mol. The maximum atomic E-state index is 10.8. The van der Waals surface area contributed by atoms with E-state index in [4.69, 9.17) is 5.73 Å². The van der Waals surface area contributed by atoms with Crippen LogP contribution in [0, 0.1) is 5.92 Å². The fourth-order valence-electron chi connectivity index (χ4n) is 2.09. The molecule has 2 atom stereocenters. The van der Waals surface area contributed by atoms with E-state index in [0.717, 1.165) is 13.0 Å². The minimum absolute atomic E-state index is 0.116. The molecule has 0 bridgehead atoms. The molecule has 2 unspecified atom stereocenters. The van der Waals surface area contributed by atoms with Gasteiger partial charge in [0.25, 0.3) is 0 Å². The summed E-state index contributed by atoms with van der Waals surface area (Å²) in [5.74, 6) is 0.411. The molecule has 0 aromatic heterocycles. The van der Waals surface area contributed by atoms with Crippen LogP contribution in [0.25, 0.3) is 0 Å². The number of rotatable bonds is 1. The molecule has 4 nitrogen and oxygen atoms in total. The highest BCUT2D eigenvalue weighted by molar-refractivity contribution is 5.72. The van der Waals surface area contributed by atoms with Crippen LogP contribution in [0.4, 0.5) is 4.79 Å². The summed E-state index contributed by atoms with van der Waals surface area (Å²) in [6.07, 6.45) is 0.976. The summed E-state index contributed by atoms with van der Waals surface area (Å²) in [7, 11) is 2.12. The number of carbonyl (C=O) groups excluding carboxylic acids is 1. The smallest absolute Gasteiger partial charge is 0.312 e. The first-order valence-electron chi connectivity index (χ1n) is 5.13. The first kappa shape index (κ1) is 11.3. The largest absolute Gasteiger partial charge is 0.352 e. The Balaban J connectivity index is 2.69. The van der Waals surface area contributed by atoms with Crippen LogP contribution in [-0.2, 0) is 0 Å². The van der Waals surface area contributed by atoms with E-state index in [0.29, 0.717) is 5.92 Å². The van der Waals surface area contributed by atoms with Gasteiger partial charge in [-0.05, 0) is 33.2 Å². The maximum absolute atomic E-state index is 10.8. The second-order valence-electron chi connectivity index (χ2n) is 4.77. The lowest BCUT2D eigenvalue weighted by atomic mass is 9.77. The zero-order valence-corrected chi connectivity index (χ0v) is 9.50. The predicted octanol–water partition coefficient (Wildman–Crippen LogP) is 0.774. The zero-order chi connectivity index (χ0) is 10.9. The Kier molecular flexibility index (Phi) is 3.04. The van der Waals surface area contributed by atoms with Crippen molar-refractivity contribution >= 4 is 6.03 Å². The van der Waals surface area contributed by atoms with Gasteiger partial charge in [0.05, 0.1) is 0 Å². The Labute approximate surface area is 85.8 Å². The van der Waals surface area contributed by atoms with Crippen LogP contribution in [0.15, 0.2) is 0 Å². The van der Waals surface area contributed by atoms with Crippen LogP contribution >= 0.6 is 0 Å². The number of urea groups is 1. The van der Waals surface area contributed by atoms with Crippen LogP contribution in [0.3, 0.4) is 0 Å². The van der Waals surface area contributed by atoms with Gasteiger partial charge in [-0.1, -0.05) is 6.92 Å². The number of likely N-dealkylation sites (tertiary alicyclic amines) is 1. The number of amides is 2. The first-order chi connectivity index (χ1) is 6.35. The molecule has 0 aromatic rings. The third-order valence-electron chi connectivity index (χ3n) is 3.80. The third-order valence-corrected chi connectivity index (χ3v) is 3.80. The van der Waals surface area contributed by atoms with Crippen LogP contribution in [-0.4, -0.2) is 36.1 Å². The number of nitrogens with two attached hydrogens (primary N) is 1. The molecule has 1 fully saturated rings. The van der Waals surface area contributed by atoms with Crippen molar-refractivity contribution in [3.05, 3.63) is 0 Å². The molecule has 0 radical (unpaired) electrons. The Morgan fingerprint density at radius 1 is 1.57 bits per heavy atom. The molecular formula is C10H21N3O. The van der Waals surface area contributed by atoms with Gasteiger partial charge in [0.15, 0.2) is 0 Å². The molecular weight excluding hydrogens is 178 g/mol. The minimum Gasteiger partial charge on any atom is -0.352 e. The van der Waals surface area contributed by atoms with E-state index >= 15 is 0 Å². The quantitative estimate of drug-likeness (QED) is 0.655. The SMILES string of the molecule is CC1C(NC(N)=O)CCN(C)C1(C)C. The molecule has 1 rings (SSSR count). The Morgan fingerprint density at radius 2 is 2.14 bits per heavy atom. The van der Waals surface area contributed by atoms with Gasteiger partial charge in [0.2, 0.25) is 0 Å². The number of nitrogens with zero attached hydrogens (tertiary/aromatic N) is 1. The molecule has 1 aliphatic heterocycles. The number of hydrogen-bond acceptors (Lipinski definition) is 2. The van der Waals surface area contributed by atoms with E-state index in [1.165, 1.54) is 0 Å². The molecule has 0 aromatic carbocycles. The Morgan fingerprint density at radius 3 is 2.64 bits per heavy atom. The number of nitrogens with one attached hydrogen (secondary N) is 1. The van der Waals surface area contributed by atoms with E-state index in [2.05, 4.69) is 38.0 Å². The van der Waals surface area contributed by atoms with Crippen molar-refractivity contribution in [3.63, 3.8) is 0 Å². The Hall–Kier alpha value is -0.770. The number of primary amides is 1. The summed E-state index contributed by atoms with van der Waals surface area (Å²) in [6, 6.07) is -0.207. The molecule has 0 spiro atoms. The van der Waals surface area contributed by atoms with E-state index in [-0.39, 0.29) is 11.6 Å². The van der Waals surface area contributed by atoms with Crippen LogP contribution < -0.4 is 11.1 Å². The normalized spacial score (nSPS) is 32.6. The summed E-state index contributed by atoms with van der Waals surface area (Å²) in [4.78, 5) is 13.1. The summed E-state index contributed by atoms with van der Waals surface area (Å²) in [5, 5.41) is 2.82. The van der Waals surface area contributed by atoms with Crippen molar-refractivity contribution in [2.24, 2.45) is 11.7 Å². The summed E-state index contributed by atoms with van der Waals surface area (Å²) < 4.78 is 0. The standard InChI is InChI=1S/C10H21N3O/c1-7-8(12-9(11)14)5-6-13(4)10(7,2)3/h7-8H,5-6H2,1-4H3,(H3,11,12,14). The van der Waals surface area contributed by atoms with Gasteiger partial charge in [0, 0.05) is 18.1 Å². The number of carbonyl (C=O) groups is 1. The van der Waals surface area contributed by atoms with Gasteiger partial charge >= 0.3 is 6.03 Å². The van der Waals surface area contributed by atoms with Crippen molar-refractivity contribution in [1.82, 2.24) is 10.2 Å². The predicted molar refractivity (Wildman–Crippen MR) is 57.0 cm³/mol. The van der Waals surface area contributed by atoms with Crippen LogP contribution in [0.5, 0.6) is 0 Å². The Bertz CT molecular complexity index is 227. The lowest BCUT2D eigenvalue weighted by molar-refractivity contribution is 0.0332. The van der Waals surface area contributed by atoms with Crippen molar-refractivity contribution in [2.75, 3.05) is 13.6 Å². The number of piperidine rings is 1. The van der Waals surface area contributed by atoms with Gasteiger partial charge in [-0.25, -0.2) is 4.79 Å². The molecule has 0 aliphatic carbocycles. The zero-order valence-electron chi connectivity index (χ0n) is 9.50. The minimum atomic E-state index is -0.415. The van der Waals surface area contributed by atoms with E-state index in [9.17, 15) is 4.79 Å². The topological polar surface area (TPSA) is 58.4 Å². The molecule has 4 heteroatoms. The lowest BCUT2D eigenvalue weighted by Gasteiger charge is -2.48. The fraction of sp³-hybridized carbons (Fsp3) is 0.900. The molecule has 1 aliphatic rings. The van der Waals surface area contributed by atoms with E-state index in [1.807, 2.05) is 0 Å². The maximum Gasteiger partial charge on any atom is 0.312 e. The van der Waals surface area contributed by atoms with E-state index < -0.39 is 6.03 Å². The highest BCUT2D eigenvalue weighted by Crippen LogP contribution is 2.31. The van der Waals surface area contributed by atoms with Gasteiger partial charge in [-0.15, -0.1) is 0 Å².